The van der Waals surface area contributed by atoms with Gasteiger partial charge in [0, 0.05) is 22.6 Å². The largest absolute Gasteiger partial charge is 0.504 e. The van der Waals surface area contributed by atoms with E-state index in [0.717, 1.165) is 16.8 Å². The lowest BCUT2D eigenvalue weighted by Crippen LogP contribution is -2.12. The molecule has 0 saturated carbocycles. The minimum absolute atomic E-state index is 0.208. The van der Waals surface area contributed by atoms with Crippen LogP contribution in [0.25, 0.3) is 11.3 Å². The summed E-state index contributed by atoms with van der Waals surface area (Å²) >= 11 is 1.45. The average Bonchev–Trinajstić information content (AvgIpc) is 3.26. The lowest BCUT2D eigenvalue weighted by atomic mass is 10.1. The smallest absolute Gasteiger partial charge is 0.206 e. The fraction of sp³-hybridized carbons (Fsp3) is 0.120. The molecule has 0 saturated heterocycles. The Hall–Kier alpha value is -4.04. The molecule has 33 heavy (non-hydrogen) atoms. The van der Waals surface area contributed by atoms with Crippen LogP contribution in [0.5, 0.6) is 23.0 Å². The standard InChI is InChI=1S/C25H23N3O4S/c1-31-19-11-12-20(23(13-19)32-2)21-16-33-25(26-14-17-7-4-3-5-8-17)28(21)27-15-18-9-6-10-22(29)24(18)30/h3-13,15-16,29-30H,14H2,1-2H3. The van der Waals surface area contributed by atoms with Gasteiger partial charge in [0.25, 0.3) is 0 Å². The highest BCUT2D eigenvalue weighted by Crippen LogP contribution is 2.34. The highest BCUT2D eigenvalue weighted by Gasteiger charge is 2.14. The Morgan fingerprint density at radius 3 is 2.55 bits per heavy atom. The quantitative estimate of drug-likeness (QED) is 0.310. The number of nitrogens with zero attached hydrogens (tertiary/aromatic N) is 3. The van der Waals surface area contributed by atoms with Crippen molar-refractivity contribution in [1.29, 1.82) is 0 Å². The van der Waals surface area contributed by atoms with Crippen LogP contribution in [0.4, 0.5) is 0 Å². The zero-order chi connectivity index (χ0) is 23.2. The van der Waals surface area contributed by atoms with E-state index in [0.29, 0.717) is 28.4 Å². The van der Waals surface area contributed by atoms with Crippen LogP contribution in [0.3, 0.4) is 0 Å². The second-order valence-electron chi connectivity index (χ2n) is 7.04. The molecule has 0 atom stereocenters. The summed E-state index contributed by atoms with van der Waals surface area (Å²) < 4.78 is 12.6. The van der Waals surface area contributed by atoms with Gasteiger partial charge >= 0.3 is 0 Å². The summed E-state index contributed by atoms with van der Waals surface area (Å²) in [6.07, 6.45) is 1.49. The SMILES string of the molecule is COc1ccc(-c2csc(=NCc3ccccc3)n2N=Cc2cccc(O)c2O)c(OC)c1. The highest BCUT2D eigenvalue weighted by atomic mass is 32.1. The summed E-state index contributed by atoms with van der Waals surface area (Å²) in [6, 6.07) is 20.2. The minimum atomic E-state index is -0.233. The number of aromatic hydroxyl groups is 2. The van der Waals surface area contributed by atoms with Gasteiger partial charge in [-0.1, -0.05) is 36.4 Å². The number of thiazole rings is 1. The summed E-state index contributed by atoms with van der Waals surface area (Å²) in [7, 11) is 3.20. The van der Waals surface area contributed by atoms with Crippen molar-refractivity contribution in [2.75, 3.05) is 14.2 Å². The summed E-state index contributed by atoms with van der Waals surface area (Å²) in [4.78, 5) is 5.42. The van der Waals surface area contributed by atoms with Crippen molar-refractivity contribution in [3.63, 3.8) is 0 Å². The van der Waals surface area contributed by atoms with Crippen LogP contribution >= 0.6 is 11.3 Å². The van der Waals surface area contributed by atoms with Gasteiger partial charge in [-0.2, -0.15) is 5.10 Å². The molecule has 0 fully saturated rings. The van der Waals surface area contributed by atoms with E-state index in [1.807, 2.05) is 53.9 Å². The van der Waals surface area contributed by atoms with Crippen LogP contribution < -0.4 is 14.3 Å². The number of hydrogen-bond donors (Lipinski definition) is 2. The van der Waals surface area contributed by atoms with Crippen LogP contribution in [0.15, 0.2) is 82.2 Å². The van der Waals surface area contributed by atoms with Gasteiger partial charge in [-0.3, -0.25) is 4.99 Å². The third-order valence-corrected chi connectivity index (χ3v) is 5.82. The molecule has 0 amide bonds. The van der Waals surface area contributed by atoms with Crippen LogP contribution in [0, 0.1) is 0 Å². The molecular formula is C25H23N3O4S. The number of phenolic OH excluding ortho intramolecular Hbond substituents is 2. The lowest BCUT2D eigenvalue weighted by Gasteiger charge is -2.11. The van der Waals surface area contributed by atoms with Gasteiger partial charge in [0.1, 0.15) is 11.5 Å². The fourth-order valence-corrected chi connectivity index (χ4v) is 4.06. The maximum Gasteiger partial charge on any atom is 0.206 e. The van der Waals surface area contributed by atoms with Crippen molar-refractivity contribution in [2.24, 2.45) is 10.1 Å². The molecule has 0 unspecified atom stereocenters. The molecule has 3 aromatic carbocycles. The van der Waals surface area contributed by atoms with E-state index >= 15 is 0 Å². The topological polar surface area (TPSA) is 88.6 Å². The number of aromatic nitrogens is 1. The zero-order valence-corrected chi connectivity index (χ0v) is 19.0. The number of phenols is 2. The Morgan fingerprint density at radius 1 is 0.970 bits per heavy atom. The molecule has 2 N–H and O–H groups in total. The molecule has 1 heterocycles. The number of hydrogen-bond acceptors (Lipinski definition) is 7. The van der Waals surface area contributed by atoms with Crippen LogP contribution in [-0.4, -0.2) is 35.3 Å². The molecule has 0 aliphatic heterocycles. The molecule has 0 aliphatic rings. The summed E-state index contributed by atoms with van der Waals surface area (Å²) in [5.74, 6) is 0.870. The molecule has 0 spiro atoms. The van der Waals surface area contributed by atoms with E-state index in [1.165, 1.54) is 23.6 Å². The molecule has 4 rings (SSSR count). The number of methoxy groups -OCH3 is 2. The first kappa shape index (κ1) is 22.2. The third-order valence-electron chi connectivity index (χ3n) is 4.97. The highest BCUT2D eigenvalue weighted by molar-refractivity contribution is 7.07. The van der Waals surface area contributed by atoms with Gasteiger partial charge < -0.3 is 19.7 Å². The van der Waals surface area contributed by atoms with Gasteiger partial charge in [-0.05, 0) is 29.8 Å². The second kappa shape index (κ2) is 10.1. The molecule has 1 aromatic heterocycles. The van der Waals surface area contributed by atoms with Gasteiger partial charge in [-0.25, -0.2) is 4.68 Å². The van der Waals surface area contributed by atoms with Crippen LogP contribution in [0.2, 0.25) is 0 Å². The Kier molecular flexibility index (Phi) is 6.75. The maximum atomic E-state index is 10.2. The van der Waals surface area contributed by atoms with E-state index < -0.39 is 0 Å². The van der Waals surface area contributed by atoms with E-state index in [4.69, 9.17) is 14.5 Å². The van der Waals surface area contributed by atoms with Gasteiger partial charge in [0.05, 0.1) is 32.7 Å². The summed E-state index contributed by atoms with van der Waals surface area (Å²) in [6.45, 7) is 0.493. The molecule has 168 valence electrons. The summed E-state index contributed by atoms with van der Waals surface area (Å²) in [5.41, 5.74) is 3.04. The molecule has 7 nitrogen and oxygen atoms in total. The normalized spacial score (nSPS) is 11.8. The van der Waals surface area contributed by atoms with E-state index in [-0.39, 0.29) is 11.5 Å². The molecule has 0 radical (unpaired) electrons. The van der Waals surface area contributed by atoms with Crippen molar-refractivity contribution in [3.05, 3.63) is 88.0 Å². The Morgan fingerprint density at radius 2 is 1.79 bits per heavy atom. The van der Waals surface area contributed by atoms with Crippen LogP contribution in [0.1, 0.15) is 11.1 Å². The van der Waals surface area contributed by atoms with Gasteiger partial charge in [-0.15, -0.1) is 11.3 Å². The van der Waals surface area contributed by atoms with E-state index in [2.05, 4.69) is 5.10 Å². The van der Waals surface area contributed by atoms with Crippen LogP contribution in [-0.2, 0) is 6.54 Å². The lowest BCUT2D eigenvalue weighted by molar-refractivity contribution is 0.395. The monoisotopic (exact) mass is 461 g/mol. The second-order valence-corrected chi connectivity index (χ2v) is 7.88. The van der Waals surface area contributed by atoms with Crippen molar-refractivity contribution in [3.8, 4) is 34.3 Å². The Bertz CT molecular complexity index is 1340. The van der Waals surface area contributed by atoms with Crippen molar-refractivity contribution in [1.82, 2.24) is 4.68 Å². The predicted molar refractivity (Wildman–Crippen MR) is 129 cm³/mol. The van der Waals surface area contributed by atoms with Gasteiger partial charge in [0.2, 0.25) is 4.80 Å². The number of para-hydroxylation sites is 1. The van der Waals surface area contributed by atoms with Crippen molar-refractivity contribution < 1.29 is 19.7 Å². The van der Waals surface area contributed by atoms with Crippen molar-refractivity contribution >= 4 is 17.6 Å². The van der Waals surface area contributed by atoms with Crippen molar-refractivity contribution in [2.45, 2.75) is 6.54 Å². The predicted octanol–water partition coefficient (Wildman–Crippen LogP) is 4.63. The summed E-state index contributed by atoms with van der Waals surface area (Å²) in [5, 5.41) is 26.5. The fourth-order valence-electron chi connectivity index (χ4n) is 3.23. The molecule has 0 aliphatic carbocycles. The first-order valence-electron chi connectivity index (χ1n) is 10.1. The average molecular weight is 462 g/mol. The molecule has 8 heteroatoms. The van der Waals surface area contributed by atoms with E-state index in [9.17, 15) is 10.2 Å². The number of benzene rings is 3. The Labute approximate surface area is 195 Å². The first-order chi connectivity index (χ1) is 16.1. The Balaban J connectivity index is 1.83. The molecular weight excluding hydrogens is 438 g/mol. The number of ether oxygens (including phenoxy) is 2. The minimum Gasteiger partial charge on any atom is -0.504 e. The van der Waals surface area contributed by atoms with Gasteiger partial charge in [0.15, 0.2) is 11.5 Å². The van der Waals surface area contributed by atoms with E-state index in [1.54, 1.807) is 31.0 Å². The maximum absolute atomic E-state index is 10.2. The molecule has 4 aromatic rings. The third kappa shape index (κ3) is 4.91. The first-order valence-corrected chi connectivity index (χ1v) is 11.0. The molecule has 0 bridgehead atoms. The number of rotatable bonds is 7. The zero-order valence-electron chi connectivity index (χ0n) is 18.2.